The van der Waals surface area contributed by atoms with Crippen LogP contribution in [-0.4, -0.2) is 37.2 Å². The zero-order valence-electron chi connectivity index (χ0n) is 43.4. The third-order valence-electron chi connectivity index (χ3n) is 11.3. The van der Waals surface area contributed by atoms with Gasteiger partial charge in [0.15, 0.2) is 6.10 Å². The molecule has 0 aliphatic carbocycles. The van der Waals surface area contributed by atoms with E-state index in [-0.39, 0.29) is 38.0 Å². The predicted molar refractivity (Wildman–Crippen MR) is 288 cm³/mol. The molecular weight excluding hydrogens is 829 g/mol. The molecule has 380 valence electrons. The van der Waals surface area contributed by atoms with E-state index in [1.165, 1.54) is 109 Å². The minimum atomic E-state index is -0.839. The van der Waals surface area contributed by atoms with Crippen LogP contribution in [0.2, 0.25) is 0 Å². The first-order chi connectivity index (χ1) is 33.0. The van der Waals surface area contributed by atoms with E-state index in [4.69, 9.17) is 14.2 Å². The van der Waals surface area contributed by atoms with E-state index in [0.717, 1.165) is 77.0 Å². The smallest absolute Gasteiger partial charge is 0.306 e. The summed E-state index contributed by atoms with van der Waals surface area (Å²) in [4.78, 5) is 38.0. The fourth-order valence-corrected chi connectivity index (χ4v) is 7.19. The number of hydrogen-bond acceptors (Lipinski definition) is 6. The maximum Gasteiger partial charge on any atom is 0.306 e. The lowest BCUT2D eigenvalue weighted by molar-refractivity contribution is -0.166. The van der Waals surface area contributed by atoms with E-state index in [1.54, 1.807) is 0 Å². The van der Waals surface area contributed by atoms with Crippen LogP contribution in [0.4, 0.5) is 0 Å². The van der Waals surface area contributed by atoms with Crippen LogP contribution in [-0.2, 0) is 28.6 Å². The highest BCUT2D eigenvalue weighted by molar-refractivity contribution is 5.71. The van der Waals surface area contributed by atoms with Gasteiger partial charge in [-0.25, -0.2) is 0 Å². The number of rotatable bonds is 48. The van der Waals surface area contributed by atoms with Crippen LogP contribution < -0.4 is 0 Å². The van der Waals surface area contributed by atoms with E-state index < -0.39 is 12.1 Å². The van der Waals surface area contributed by atoms with Gasteiger partial charge in [-0.05, 0) is 89.9 Å². The molecule has 0 aromatic rings. The molecule has 0 amide bonds. The van der Waals surface area contributed by atoms with E-state index in [9.17, 15) is 14.4 Å². The molecule has 0 N–H and O–H groups in total. The van der Waals surface area contributed by atoms with Crippen molar-refractivity contribution in [3.63, 3.8) is 0 Å². The Morgan fingerprint density at radius 2 is 0.627 bits per heavy atom. The molecule has 1 atom stereocenters. The maximum atomic E-state index is 12.8. The summed E-state index contributed by atoms with van der Waals surface area (Å²) < 4.78 is 16.7. The summed E-state index contributed by atoms with van der Waals surface area (Å²) in [5.41, 5.74) is 0. The van der Waals surface area contributed by atoms with Crippen LogP contribution in [0.25, 0.3) is 0 Å². The van der Waals surface area contributed by atoms with Crippen LogP contribution in [0.5, 0.6) is 0 Å². The molecule has 0 saturated heterocycles. The molecule has 0 radical (unpaired) electrons. The Bertz CT molecular complexity index is 1390. The molecule has 6 nitrogen and oxygen atoms in total. The summed E-state index contributed by atoms with van der Waals surface area (Å²) in [5.74, 6) is -1.06. The number of ether oxygens (including phenoxy) is 3. The second kappa shape index (κ2) is 54.7. The molecule has 0 bridgehead atoms. The number of carbonyl (C=O) groups is 3. The summed E-state index contributed by atoms with van der Waals surface area (Å²) in [6.45, 7) is 6.41. The van der Waals surface area contributed by atoms with Crippen molar-refractivity contribution in [1.82, 2.24) is 0 Å². The Hall–Kier alpha value is -3.93. The largest absolute Gasteiger partial charge is 0.462 e. The summed E-state index contributed by atoms with van der Waals surface area (Å²) in [6.07, 6.45) is 73.8. The SMILES string of the molecule is CC/C=C\C/C=C\C/C=C\C/C=C\C/C=C\C/C=C\CCC(=O)O[C@H](COC(=O)CCC/C=C\C/C=C\C/C=C\CCCCCCCC)COC(=O)CCCCCCCCCCCCCCC. The maximum absolute atomic E-state index is 12.8. The van der Waals surface area contributed by atoms with Crippen molar-refractivity contribution < 1.29 is 28.6 Å². The summed E-state index contributed by atoms with van der Waals surface area (Å²) in [6, 6.07) is 0. The molecule has 0 fully saturated rings. The van der Waals surface area contributed by atoms with Crippen molar-refractivity contribution in [3.05, 3.63) is 109 Å². The first-order valence-corrected chi connectivity index (χ1v) is 27.4. The van der Waals surface area contributed by atoms with Gasteiger partial charge < -0.3 is 14.2 Å². The molecule has 0 aliphatic rings. The van der Waals surface area contributed by atoms with Crippen molar-refractivity contribution >= 4 is 17.9 Å². The van der Waals surface area contributed by atoms with Crippen LogP contribution in [0, 0.1) is 0 Å². The van der Waals surface area contributed by atoms with Crippen LogP contribution in [0.15, 0.2) is 109 Å². The molecule has 0 saturated carbocycles. The Balaban J connectivity index is 4.58. The normalized spacial score (nSPS) is 12.9. The Labute approximate surface area is 412 Å². The average Bonchev–Trinajstić information content (AvgIpc) is 3.33. The first-order valence-electron chi connectivity index (χ1n) is 27.4. The Morgan fingerprint density at radius 1 is 0.313 bits per heavy atom. The number of unbranched alkanes of at least 4 members (excludes halogenated alkanes) is 19. The highest BCUT2D eigenvalue weighted by Crippen LogP contribution is 2.14. The minimum Gasteiger partial charge on any atom is -0.462 e. The van der Waals surface area contributed by atoms with E-state index in [0.29, 0.717) is 19.3 Å². The fourth-order valence-electron chi connectivity index (χ4n) is 7.19. The van der Waals surface area contributed by atoms with Crippen molar-refractivity contribution in [2.75, 3.05) is 13.2 Å². The molecule has 0 unspecified atom stereocenters. The lowest BCUT2D eigenvalue weighted by atomic mass is 10.0. The second-order valence-corrected chi connectivity index (χ2v) is 17.8. The standard InChI is InChI=1S/C61H100O6/c1-4-7-10-13-16-19-22-25-27-29-30-32-34-37-40-43-46-49-52-55-61(64)67-58(56-65-59(62)53-50-47-44-41-38-35-24-21-18-15-12-9-6-3)57-66-60(63)54-51-48-45-42-39-36-33-31-28-26-23-20-17-14-11-8-5-2/h7,10,16,19,25-28,30,32-33,36-37,40,42,45-46,49,58H,4-6,8-9,11-15,17-18,20-24,29,31,34-35,38-39,41,43-44,47-48,50-57H2,1-3H3/b10-7-,19-16-,27-25-,28-26-,32-30-,36-33-,40-37-,45-42-,49-46-/t58-/m0/s1. The highest BCUT2D eigenvalue weighted by atomic mass is 16.6. The molecule has 0 aliphatic heterocycles. The molecule has 0 spiro atoms. The van der Waals surface area contributed by atoms with Gasteiger partial charge in [-0.1, -0.05) is 239 Å². The van der Waals surface area contributed by atoms with Gasteiger partial charge in [0.05, 0.1) is 0 Å². The van der Waals surface area contributed by atoms with Gasteiger partial charge in [0.1, 0.15) is 13.2 Å². The predicted octanol–water partition coefficient (Wildman–Crippen LogP) is 18.3. The van der Waals surface area contributed by atoms with Gasteiger partial charge >= 0.3 is 17.9 Å². The Kier molecular flexibility index (Phi) is 51.5. The highest BCUT2D eigenvalue weighted by Gasteiger charge is 2.19. The van der Waals surface area contributed by atoms with Crippen LogP contribution in [0.3, 0.4) is 0 Å². The van der Waals surface area contributed by atoms with Gasteiger partial charge in [-0.3, -0.25) is 14.4 Å². The summed E-state index contributed by atoms with van der Waals surface area (Å²) in [5, 5.41) is 0. The Morgan fingerprint density at radius 3 is 1.03 bits per heavy atom. The average molecular weight is 929 g/mol. The van der Waals surface area contributed by atoms with Gasteiger partial charge in [-0.15, -0.1) is 0 Å². The quantitative estimate of drug-likeness (QED) is 0.0262. The topological polar surface area (TPSA) is 78.9 Å². The van der Waals surface area contributed by atoms with Crippen molar-refractivity contribution in [2.45, 2.75) is 245 Å². The molecular formula is C61H100O6. The third kappa shape index (κ3) is 52.9. The number of hydrogen-bond donors (Lipinski definition) is 0. The molecule has 0 aromatic heterocycles. The second-order valence-electron chi connectivity index (χ2n) is 17.8. The monoisotopic (exact) mass is 929 g/mol. The molecule has 0 aromatic carbocycles. The molecule has 6 heteroatoms. The summed E-state index contributed by atoms with van der Waals surface area (Å²) >= 11 is 0. The first kappa shape index (κ1) is 63.1. The lowest BCUT2D eigenvalue weighted by Crippen LogP contribution is -2.30. The minimum absolute atomic E-state index is 0.124. The van der Waals surface area contributed by atoms with E-state index >= 15 is 0 Å². The van der Waals surface area contributed by atoms with Crippen molar-refractivity contribution in [1.29, 1.82) is 0 Å². The molecule has 67 heavy (non-hydrogen) atoms. The van der Waals surface area contributed by atoms with Gasteiger partial charge in [0.2, 0.25) is 0 Å². The van der Waals surface area contributed by atoms with Crippen LogP contribution in [0.1, 0.15) is 239 Å². The molecule has 0 heterocycles. The van der Waals surface area contributed by atoms with Gasteiger partial charge in [0, 0.05) is 19.3 Å². The van der Waals surface area contributed by atoms with E-state index in [2.05, 4.69) is 118 Å². The number of carbonyl (C=O) groups excluding carboxylic acids is 3. The number of esters is 3. The zero-order chi connectivity index (χ0) is 48.6. The molecule has 0 rings (SSSR count). The number of allylic oxidation sites excluding steroid dienone is 18. The van der Waals surface area contributed by atoms with Gasteiger partial charge in [-0.2, -0.15) is 0 Å². The lowest BCUT2D eigenvalue weighted by Gasteiger charge is -2.18. The summed E-state index contributed by atoms with van der Waals surface area (Å²) in [7, 11) is 0. The van der Waals surface area contributed by atoms with Gasteiger partial charge in [0.25, 0.3) is 0 Å². The van der Waals surface area contributed by atoms with Crippen molar-refractivity contribution in [2.24, 2.45) is 0 Å². The fraction of sp³-hybridized carbons (Fsp3) is 0.656. The third-order valence-corrected chi connectivity index (χ3v) is 11.3. The van der Waals surface area contributed by atoms with Crippen LogP contribution >= 0.6 is 0 Å². The van der Waals surface area contributed by atoms with E-state index in [1.807, 2.05) is 12.2 Å². The van der Waals surface area contributed by atoms with Crippen molar-refractivity contribution in [3.8, 4) is 0 Å². The zero-order valence-corrected chi connectivity index (χ0v) is 43.4.